The molecule has 72 valence electrons. The zero-order valence-electron chi connectivity index (χ0n) is 7.85. The molecule has 0 atom stereocenters. The molecule has 0 unspecified atom stereocenters. The quantitative estimate of drug-likeness (QED) is 0.794. The normalized spacial score (nSPS) is 11.4. The molecule has 2 nitrogen and oxygen atoms in total. The lowest BCUT2D eigenvalue weighted by atomic mass is 10.1. The molecule has 0 aliphatic rings. The lowest BCUT2D eigenvalue weighted by Gasteiger charge is -2.19. The molecule has 1 N–H and O–H groups in total. The summed E-state index contributed by atoms with van der Waals surface area (Å²) in [5, 5.41) is 4.86. The minimum atomic E-state index is -0.163. The molecule has 0 aromatic carbocycles. The average Bonchev–Trinajstić information content (AvgIpc) is 2.30. The third-order valence-electron chi connectivity index (χ3n) is 1.31. The third-order valence-corrected chi connectivity index (χ3v) is 3.49. The predicted octanol–water partition coefficient (Wildman–Crippen LogP) is 2.88. The number of carbonyl (C=O) groups is 1. The van der Waals surface area contributed by atoms with Gasteiger partial charge in [0.05, 0.1) is 0 Å². The van der Waals surface area contributed by atoms with Gasteiger partial charge in [-0.2, -0.15) is 0 Å². The molecule has 1 aromatic heterocycles. The molecular formula is C9H12INOS. The van der Waals surface area contributed by atoms with E-state index >= 15 is 0 Å². The van der Waals surface area contributed by atoms with Crippen LogP contribution in [0.25, 0.3) is 0 Å². The van der Waals surface area contributed by atoms with Gasteiger partial charge in [0.25, 0.3) is 5.91 Å². The summed E-state index contributed by atoms with van der Waals surface area (Å²) in [6.45, 7) is 5.93. The first kappa shape index (κ1) is 11.0. The van der Waals surface area contributed by atoms with Crippen LogP contribution in [0, 0.1) is 3.57 Å². The van der Waals surface area contributed by atoms with Crippen LogP contribution < -0.4 is 5.32 Å². The van der Waals surface area contributed by atoms with E-state index in [-0.39, 0.29) is 11.4 Å². The van der Waals surface area contributed by atoms with Gasteiger partial charge in [0.2, 0.25) is 0 Å². The zero-order valence-corrected chi connectivity index (χ0v) is 10.8. The summed E-state index contributed by atoms with van der Waals surface area (Å²) in [7, 11) is 0. The van der Waals surface area contributed by atoms with Gasteiger partial charge in [-0.3, -0.25) is 4.79 Å². The van der Waals surface area contributed by atoms with Gasteiger partial charge in [-0.25, -0.2) is 0 Å². The number of thiophene rings is 1. The number of nitrogens with one attached hydrogen (secondary N) is 1. The fraction of sp³-hybridized carbons (Fsp3) is 0.444. The second kappa shape index (κ2) is 3.96. The largest absolute Gasteiger partial charge is 0.347 e. The Kier molecular flexibility index (Phi) is 3.34. The molecule has 0 saturated carbocycles. The first-order chi connectivity index (χ1) is 5.90. The maximum atomic E-state index is 11.6. The van der Waals surface area contributed by atoms with Crippen molar-refractivity contribution in [1.29, 1.82) is 0 Å². The van der Waals surface area contributed by atoms with Crippen molar-refractivity contribution in [2.45, 2.75) is 26.3 Å². The highest BCUT2D eigenvalue weighted by Crippen LogP contribution is 2.19. The lowest BCUT2D eigenvalue weighted by Crippen LogP contribution is -2.40. The number of hydrogen-bond donors (Lipinski definition) is 1. The van der Waals surface area contributed by atoms with Crippen LogP contribution in [0.3, 0.4) is 0 Å². The van der Waals surface area contributed by atoms with Gasteiger partial charge in [0, 0.05) is 9.11 Å². The van der Waals surface area contributed by atoms with Gasteiger partial charge in [-0.05, 0) is 54.8 Å². The van der Waals surface area contributed by atoms with Crippen LogP contribution in [0.4, 0.5) is 0 Å². The van der Waals surface area contributed by atoms with Crippen molar-refractivity contribution in [1.82, 2.24) is 5.32 Å². The average molecular weight is 309 g/mol. The van der Waals surface area contributed by atoms with E-state index in [1.165, 1.54) is 11.3 Å². The molecule has 0 bridgehead atoms. The Morgan fingerprint density at radius 2 is 2.15 bits per heavy atom. The van der Waals surface area contributed by atoms with Crippen molar-refractivity contribution in [2.75, 3.05) is 0 Å². The van der Waals surface area contributed by atoms with E-state index in [1.807, 2.05) is 32.2 Å². The number of hydrogen-bond acceptors (Lipinski definition) is 2. The van der Waals surface area contributed by atoms with Gasteiger partial charge >= 0.3 is 0 Å². The maximum absolute atomic E-state index is 11.6. The number of amides is 1. The van der Waals surface area contributed by atoms with E-state index in [0.717, 1.165) is 8.45 Å². The summed E-state index contributed by atoms with van der Waals surface area (Å²) >= 11 is 3.65. The molecule has 1 amide bonds. The third kappa shape index (κ3) is 3.27. The Bertz CT molecular complexity index is 314. The summed E-state index contributed by atoms with van der Waals surface area (Å²) in [5.74, 6) is 0.0203. The molecule has 0 aliphatic carbocycles. The Morgan fingerprint density at radius 1 is 1.54 bits per heavy atom. The summed E-state index contributed by atoms with van der Waals surface area (Å²) in [6, 6.07) is 1.95. The van der Waals surface area contributed by atoms with Gasteiger partial charge in [0.1, 0.15) is 4.88 Å². The first-order valence-corrected chi connectivity index (χ1v) is 5.91. The molecular weight excluding hydrogens is 297 g/mol. The molecule has 13 heavy (non-hydrogen) atoms. The standard InChI is InChI=1S/C9H12INOS/c1-9(2,3)11-8(12)7-6(10)4-5-13-7/h4-5H,1-3H3,(H,11,12). The maximum Gasteiger partial charge on any atom is 0.262 e. The van der Waals surface area contributed by atoms with Crippen LogP contribution in [0.1, 0.15) is 30.4 Å². The Hall–Kier alpha value is -0.100. The monoisotopic (exact) mass is 309 g/mol. The topological polar surface area (TPSA) is 29.1 Å². The van der Waals surface area contributed by atoms with Gasteiger partial charge in [-0.15, -0.1) is 11.3 Å². The van der Waals surface area contributed by atoms with Crippen LogP contribution in [0.2, 0.25) is 0 Å². The number of carbonyl (C=O) groups excluding carboxylic acids is 1. The van der Waals surface area contributed by atoms with Crippen molar-refractivity contribution >= 4 is 39.8 Å². The lowest BCUT2D eigenvalue weighted by molar-refractivity contribution is 0.0923. The van der Waals surface area contributed by atoms with E-state index in [1.54, 1.807) is 0 Å². The van der Waals surface area contributed by atoms with Gasteiger partial charge in [0.15, 0.2) is 0 Å². The first-order valence-electron chi connectivity index (χ1n) is 3.95. The summed E-state index contributed by atoms with van der Waals surface area (Å²) in [6.07, 6.45) is 0. The smallest absolute Gasteiger partial charge is 0.262 e. The van der Waals surface area contributed by atoms with Gasteiger partial charge in [-0.1, -0.05) is 0 Å². The van der Waals surface area contributed by atoms with E-state index < -0.39 is 0 Å². The Labute approximate surface area is 95.9 Å². The Morgan fingerprint density at radius 3 is 2.54 bits per heavy atom. The summed E-state index contributed by atoms with van der Waals surface area (Å²) < 4.78 is 1.02. The van der Waals surface area contributed by atoms with E-state index in [9.17, 15) is 4.79 Å². The van der Waals surface area contributed by atoms with Crippen molar-refractivity contribution in [2.24, 2.45) is 0 Å². The molecule has 0 radical (unpaired) electrons. The molecule has 1 rings (SSSR count). The van der Waals surface area contributed by atoms with Crippen LogP contribution in [-0.4, -0.2) is 11.4 Å². The minimum Gasteiger partial charge on any atom is -0.347 e. The van der Waals surface area contributed by atoms with E-state index in [4.69, 9.17) is 0 Å². The highest BCUT2D eigenvalue weighted by Gasteiger charge is 2.17. The van der Waals surface area contributed by atoms with Crippen molar-refractivity contribution in [3.8, 4) is 0 Å². The zero-order chi connectivity index (χ0) is 10.1. The molecule has 4 heteroatoms. The second-order valence-corrected chi connectivity index (χ2v) is 5.88. The molecule has 1 aromatic rings. The molecule has 0 spiro atoms. The van der Waals surface area contributed by atoms with Gasteiger partial charge < -0.3 is 5.32 Å². The van der Waals surface area contributed by atoms with Crippen LogP contribution in [0.5, 0.6) is 0 Å². The number of halogens is 1. The predicted molar refractivity (Wildman–Crippen MR) is 64.3 cm³/mol. The fourth-order valence-electron chi connectivity index (χ4n) is 0.853. The number of rotatable bonds is 1. The summed E-state index contributed by atoms with van der Waals surface area (Å²) in [5.41, 5.74) is -0.163. The molecule has 0 saturated heterocycles. The fourth-order valence-corrected chi connectivity index (χ4v) is 2.58. The summed E-state index contributed by atoms with van der Waals surface area (Å²) in [4.78, 5) is 12.4. The van der Waals surface area contributed by atoms with Crippen molar-refractivity contribution < 1.29 is 4.79 Å². The van der Waals surface area contributed by atoms with Crippen LogP contribution >= 0.6 is 33.9 Å². The van der Waals surface area contributed by atoms with Crippen LogP contribution in [0.15, 0.2) is 11.4 Å². The highest BCUT2D eigenvalue weighted by atomic mass is 127. The molecule has 0 aliphatic heterocycles. The Balaban J connectivity index is 2.76. The minimum absolute atomic E-state index is 0.0203. The van der Waals surface area contributed by atoms with E-state index in [2.05, 4.69) is 27.9 Å². The highest BCUT2D eigenvalue weighted by molar-refractivity contribution is 14.1. The van der Waals surface area contributed by atoms with E-state index in [0.29, 0.717) is 0 Å². The van der Waals surface area contributed by atoms with Crippen LogP contribution in [-0.2, 0) is 0 Å². The van der Waals surface area contributed by atoms with Crippen molar-refractivity contribution in [3.63, 3.8) is 0 Å². The van der Waals surface area contributed by atoms with Crippen molar-refractivity contribution in [3.05, 3.63) is 19.9 Å². The second-order valence-electron chi connectivity index (χ2n) is 3.80. The molecule has 0 fully saturated rings. The molecule has 1 heterocycles. The SMILES string of the molecule is CC(C)(C)NC(=O)c1sccc1I.